The third-order valence-electron chi connectivity index (χ3n) is 6.27. The summed E-state index contributed by atoms with van der Waals surface area (Å²) in [5.74, 6) is 0.926. The van der Waals surface area contributed by atoms with E-state index in [2.05, 4.69) is 22.0 Å². The van der Waals surface area contributed by atoms with Crippen molar-refractivity contribution in [3.05, 3.63) is 48.0 Å². The van der Waals surface area contributed by atoms with Gasteiger partial charge in [-0.3, -0.25) is 9.59 Å². The molecule has 4 rings (SSSR count). The SMILES string of the molecule is Cn1cnc(C(=O)N2CCCC(=O)N3CCCCC3CCc3cccc(c3)OCC2)c1. The topological polar surface area (TPSA) is 67.7 Å². The van der Waals surface area contributed by atoms with E-state index in [1.54, 1.807) is 22.0 Å². The van der Waals surface area contributed by atoms with Crippen LogP contribution in [0.1, 0.15) is 54.6 Å². The lowest BCUT2D eigenvalue weighted by Gasteiger charge is -2.36. The molecule has 1 unspecified atom stereocenters. The van der Waals surface area contributed by atoms with Crippen molar-refractivity contribution in [3.8, 4) is 5.75 Å². The molecule has 0 radical (unpaired) electrons. The number of piperidine rings is 1. The number of imidazole rings is 1. The van der Waals surface area contributed by atoms with Crippen LogP contribution in [0.15, 0.2) is 36.8 Å². The molecule has 2 aliphatic heterocycles. The molecular weight excluding hydrogens is 392 g/mol. The van der Waals surface area contributed by atoms with Crippen LogP contribution in [0.4, 0.5) is 0 Å². The van der Waals surface area contributed by atoms with Crippen LogP contribution >= 0.6 is 0 Å². The van der Waals surface area contributed by atoms with Crippen molar-refractivity contribution >= 4 is 11.8 Å². The second-order valence-electron chi connectivity index (χ2n) is 8.59. The Kier molecular flexibility index (Phi) is 6.89. The molecule has 7 nitrogen and oxygen atoms in total. The van der Waals surface area contributed by atoms with Crippen LogP contribution in [0.5, 0.6) is 5.75 Å². The highest BCUT2D eigenvalue weighted by atomic mass is 16.5. The second-order valence-corrected chi connectivity index (χ2v) is 8.59. The summed E-state index contributed by atoms with van der Waals surface area (Å²) in [7, 11) is 1.85. The van der Waals surface area contributed by atoms with Crippen molar-refractivity contribution in [2.45, 2.75) is 51.0 Å². The first kappa shape index (κ1) is 21.4. The third-order valence-corrected chi connectivity index (χ3v) is 6.27. The second kappa shape index (κ2) is 9.98. The normalized spacial score (nSPS) is 20.9. The van der Waals surface area contributed by atoms with E-state index in [0.717, 1.165) is 38.0 Å². The number of benzene rings is 1. The molecule has 0 saturated carbocycles. The van der Waals surface area contributed by atoms with Crippen molar-refractivity contribution in [2.75, 3.05) is 26.2 Å². The number of hydrogen-bond donors (Lipinski definition) is 0. The maximum absolute atomic E-state index is 13.0. The van der Waals surface area contributed by atoms with E-state index in [1.807, 2.05) is 19.2 Å². The number of hydrogen-bond acceptors (Lipinski definition) is 4. The standard InChI is InChI=1S/C24H32N4O3/c1-26-17-22(25-18-26)24(30)27-12-5-9-23(29)28-13-3-2-7-20(28)11-10-19-6-4-8-21(16-19)31-15-14-27/h4,6,8,16-18,20H,2-3,5,7,9-15H2,1H3. The molecule has 0 N–H and O–H groups in total. The van der Waals surface area contributed by atoms with Crippen LogP contribution < -0.4 is 4.74 Å². The van der Waals surface area contributed by atoms with E-state index < -0.39 is 0 Å². The fourth-order valence-electron chi connectivity index (χ4n) is 4.59. The molecule has 0 spiro atoms. The summed E-state index contributed by atoms with van der Waals surface area (Å²) in [6.07, 6.45) is 9.74. The summed E-state index contributed by atoms with van der Waals surface area (Å²) in [4.78, 5) is 34.0. The zero-order chi connectivity index (χ0) is 21.6. The minimum absolute atomic E-state index is 0.120. The summed E-state index contributed by atoms with van der Waals surface area (Å²) in [5.41, 5.74) is 1.65. The Morgan fingerprint density at radius 3 is 2.84 bits per heavy atom. The fourth-order valence-corrected chi connectivity index (χ4v) is 4.59. The average molecular weight is 425 g/mol. The summed E-state index contributed by atoms with van der Waals surface area (Å²) >= 11 is 0. The minimum atomic E-state index is -0.120. The Labute approximate surface area is 184 Å². The maximum atomic E-state index is 13.0. The van der Waals surface area contributed by atoms with Gasteiger partial charge in [0, 0.05) is 38.8 Å². The number of nitrogens with zero attached hydrogens (tertiary/aromatic N) is 4. The number of aryl methyl sites for hydroxylation is 2. The van der Waals surface area contributed by atoms with Crippen molar-refractivity contribution < 1.29 is 14.3 Å². The molecule has 1 saturated heterocycles. The Bertz CT molecular complexity index is 910. The van der Waals surface area contributed by atoms with Crippen molar-refractivity contribution in [1.82, 2.24) is 19.4 Å². The summed E-state index contributed by atoms with van der Waals surface area (Å²) in [6.45, 7) is 2.23. The number of ether oxygens (including phenoxy) is 1. The van der Waals surface area contributed by atoms with Crippen LogP contribution in [0.3, 0.4) is 0 Å². The van der Waals surface area contributed by atoms with Gasteiger partial charge < -0.3 is 19.1 Å². The van der Waals surface area contributed by atoms with Crippen LogP contribution in [0.2, 0.25) is 0 Å². The molecule has 2 bridgehead atoms. The summed E-state index contributed by atoms with van der Waals surface area (Å²) < 4.78 is 7.74. The molecule has 0 aliphatic carbocycles. The number of carbonyl (C=O) groups excluding carboxylic acids is 2. The van der Waals surface area contributed by atoms with Gasteiger partial charge >= 0.3 is 0 Å². The van der Waals surface area contributed by atoms with Gasteiger partial charge in [0.25, 0.3) is 5.91 Å². The smallest absolute Gasteiger partial charge is 0.274 e. The fraction of sp³-hybridized carbons (Fsp3) is 0.542. The zero-order valence-electron chi connectivity index (χ0n) is 18.3. The predicted octanol–water partition coefficient (Wildman–Crippen LogP) is 3.05. The van der Waals surface area contributed by atoms with E-state index in [4.69, 9.17) is 4.74 Å². The Morgan fingerprint density at radius 2 is 2.00 bits per heavy atom. The number of aromatic nitrogens is 2. The summed E-state index contributed by atoms with van der Waals surface area (Å²) in [6, 6.07) is 8.49. The average Bonchev–Trinajstić information content (AvgIpc) is 3.22. The first-order valence-corrected chi connectivity index (χ1v) is 11.4. The first-order valence-electron chi connectivity index (χ1n) is 11.4. The quantitative estimate of drug-likeness (QED) is 0.706. The molecule has 2 amide bonds. The largest absolute Gasteiger partial charge is 0.492 e. The monoisotopic (exact) mass is 424 g/mol. The molecule has 2 aliphatic rings. The van der Waals surface area contributed by atoms with Gasteiger partial charge in [-0.05, 0) is 56.2 Å². The minimum Gasteiger partial charge on any atom is -0.492 e. The van der Waals surface area contributed by atoms with Crippen LogP contribution in [-0.2, 0) is 18.3 Å². The molecule has 166 valence electrons. The van der Waals surface area contributed by atoms with Gasteiger partial charge in [-0.15, -0.1) is 0 Å². The van der Waals surface area contributed by atoms with Crippen LogP contribution in [0.25, 0.3) is 0 Å². The van der Waals surface area contributed by atoms with Gasteiger partial charge in [0.2, 0.25) is 5.91 Å². The molecule has 1 atom stereocenters. The highest BCUT2D eigenvalue weighted by molar-refractivity contribution is 5.92. The van der Waals surface area contributed by atoms with Crippen molar-refractivity contribution in [1.29, 1.82) is 0 Å². The van der Waals surface area contributed by atoms with Gasteiger partial charge in [-0.2, -0.15) is 0 Å². The van der Waals surface area contributed by atoms with Crippen molar-refractivity contribution in [2.24, 2.45) is 7.05 Å². The highest BCUT2D eigenvalue weighted by Gasteiger charge is 2.27. The highest BCUT2D eigenvalue weighted by Crippen LogP contribution is 2.24. The van der Waals surface area contributed by atoms with Gasteiger partial charge in [0.05, 0.1) is 12.9 Å². The van der Waals surface area contributed by atoms with Gasteiger partial charge in [-0.25, -0.2) is 4.98 Å². The third kappa shape index (κ3) is 5.46. The molecule has 1 aromatic heterocycles. The Balaban J connectivity index is 1.52. The summed E-state index contributed by atoms with van der Waals surface area (Å²) in [5, 5.41) is 0. The molecular formula is C24H32N4O3. The van der Waals surface area contributed by atoms with Crippen LogP contribution in [-0.4, -0.2) is 63.4 Å². The number of amides is 2. The van der Waals surface area contributed by atoms with Crippen molar-refractivity contribution in [3.63, 3.8) is 0 Å². The molecule has 1 aromatic carbocycles. The molecule has 7 heteroatoms. The zero-order valence-corrected chi connectivity index (χ0v) is 18.3. The van der Waals surface area contributed by atoms with E-state index in [1.165, 1.54) is 12.0 Å². The molecule has 2 aromatic rings. The molecule has 3 heterocycles. The molecule has 31 heavy (non-hydrogen) atoms. The van der Waals surface area contributed by atoms with Gasteiger partial charge in [0.15, 0.2) is 0 Å². The van der Waals surface area contributed by atoms with E-state index >= 15 is 0 Å². The lowest BCUT2D eigenvalue weighted by Crippen LogP contribution is -2.44. The number of fused-ring (bicyclic) bond motifs is 3. The number of carbonyl (C=O) groups is 2. The van der Waals surface area contributed by atoms with E-state index in [-0.39, 0.29) is 11.8 Å². The first-order chi connectivity index (χ1) is 15.1. The lowest BCUT2D eigenvalue weighted by molar-refractivity contribution is -0.135. The van der Waals surface area contributed by atoms with Crippen LogP contribution in [0, 0.1) is 0 Å². The number of rotatable bonds is 1. The van der Waals surface area contributed by atoms with E-state index in [0.29, 0.717) is 44.3 Å². The maximum Gasteiger partial charge on any atom is 0.274 e. The predicted molar refractivity (Wildman–Crippen MR) is 118 cm³/mol. The Hall–Kier alpha value is -2.83. The molecule has 1 fully saturated rings. The lowest BCUT2D eigenvalue weighted by atomic mass is 9.95. The van der Waals surface area contributed by atoms with E-state index in [9.17, 15) is 9.59 Å². The van der Waals surface area contributed by atoms with Gasteiger partial charge in [-0.1, -0.05) is 12.1 Å². The van der Waals surface area contributed by atoms with Gasteiger partial charge in [0.1, 0.15) is 18.1 Å². The Morgan fingerprint density at radius 1 is 1.10 bits per heavy atom.